The molecule has 20 heavy (non-hydrogen) atoms. The first-order chi connectivity index (χ1) is 9.10. The first-order valence-corrected chi connectivity index (χ1v) is 6.03. The van der Waals surface area contributed by atoms with Gasteiger partial charge in [-0.2, -0.15) is 0 Å². The van der Waals surface area contributed by atoms with Crippen LogP contribution in [0.5, 0.6) is 0 Å². The molecule has 0 bridgehead atoms. The van der Waals surface area contributed by atoms with Gasteiger partial charge in [0.15, 0.2) is 0 Å². The minimum Gasteiger partial charge on any atom is -0.447 e. The van der Waals surface area contributed by atoms with E-state index in [4.69, 9.17) is 4.74 Å². The van der Waals surface area contributed by atoms with Crippen LogP contribution in [0.4, 0.5) is 9.59 Å². The second kappa shape index (κ2) is 8.13. The van der Waals surface area contributed by atoms with E-state index < -0.39 is 23.7 Å². The molecule has 0 radical (unpaired) electrons. The third-order valence-electron chi connectivity index (χ3n) is 1.65. The number of imide groups is 1. The Kier molecular flexibility index (Phi) is 7.27. The average Bonchev–Trinajstić information content (AvgIpc) is 2.20. The molecule has 8 heteroatoms. The van der Waals surface area contributed by atoms with E-state index in [1.165, 1.54) is 6.92 Å². The Balaban J connectivity index is 3.75. The van der Waals surface area contributed by atoms with Crippen molar-refractivity contribution in [3.8, 4) is 0 Å². The fourth-order valence-corrected chi connectivity index (χ4v) is 1.03. The molecule has 2 N–H and O–H groups in total. The van der Waals surface area contributed by atoms with Crippen LogP contribution in [0.25, 0.3) is 0 Å². The van der Waals surface area contributed by atoms with Gasteiger partial charge in [-0.3, -0.25) is 14.9 Å². The number of ether oxygens (including phenoxy) is 2. The predicted molar refractivity (Wildman–Crippen MR) is 69.0 cm³/mol. The minimum atomic E-state index is -0.970. The Labute approximate surface area is 117 Å². The van der Waals surface area contributed by atoms with Crippen LogP contribution < -0.4 is 10.6 Å². The number of carbonyl (C=O) groups is 4. The standard InChI is InChI=1S/C12H20N2O6/c1-8(15)7-9(16)14-11(18)19-6-5-13-10(17)20-12(2,3)4/h5-7H2,1-4H3,(H,13,17)(H,14,16,18). The molecule has 0 saturated carbocycles. The van der Waals surface area contributed by atoms with Gasteiger partial charge >= 0.3 is 12.2 Å². The number of alkyl carbamates (subject to hydrolysis) is 2. The van der Waals surface area contributed by atoms with Crippen LogP contribution in [0.2, 0.25) is 0 Å². The van der Waals surface area contributed by atoms with E-state index in [1.807, 2.05) is 5.32 Å². The zero-order valence-electron chi connectivity index (χ0n) is 12.1. The van der Waals surface area contributed by atoms with Crippen molar-refractivity contribution < 1.29 is 28.7 Å². The highest BCUT2D eigenvalue weighted by atomic mass is 16.6. The summed E-state index contributed by atoms with van der Waals surface area (Å²) in [6.07, 6.45) is -1.98. The van der Waals surface area contributed by atoms with Crippen molar-refractivity contribution in [3.05, 3.63) is 0 Å². The lowest BCUT2D eigenvalue weighted by Crippen LogP contribution is -2.36. The molecule has 0 saturated heterocycles. The molecule has 0 heterocycles. The maximum absolute atomic E-state index is 11.2. The van der Waals surface area contributed by atoms with Crippen molar-refractivity contribution in [2.24, 2.45) is 0 Å². The molecular formula is C12H20N2O6. The van der Waals surface area contributed by atoms with E-state index >= 15 is 0 Å². The summed E-state index contributed by atoms with van der Waals surface area (Å²) in [6.45, 7) is 6.31. The van der Waals surface area contributed by atoms with Crippen molar-refractivity contribution in [3.63, 3.8) is 0 Å². The van der Waals surface area contributed by atoms with Gasteiger partial charge in [0.2, 0.25) is 5.91 Å². The number of hydrogen-bond acceptors (Lipinski definition) is 6. The topological polar surface area (TPSA) is 111 Å². The maximum Gasteiger partial charge on any atom is 0.413 e. The fourth-order valence-electron chi connectivity index (χ4n) is 1.03. The molecule has 0 aromatic carbocycles. The summed E-state index contributed by atoms with van der Waals surface area (Å²) in [6, 6.07) is 0. The molecule has 0 aliphatic heterocycles. The molecule has 0 aliphatic carbocycles. The van der Waals surface area contributed by atoms with Crippen molar-refractivity contribution >= 4 is 23.9 Å². The summed E-state index contributed by atoms with van der Waals surface area (Å²) in [4.78, 5) is 44.0. The molecule has 0 aliphatic rings. The minimum absolute atomic E-state index is 0.0449. The monoisotopic (exact) mass is 288 g/mol. The first kappa shape index (κ1) is 17.9. The number of rotatable bonds is 5. The van der Waals surface area contributed by atoms with E-state index in [2.05, 4.69) is 10.1 Å². The Hall–Kier alpha value is -2.12. The van der Waals surface area contributed by atoms with Gasteiger partial charge in [0, 0.05) is 0 Å². The van der Waals surface area contributed by atoms with Gasteiger partial charge in [0.1, 0.15) is 18.0 Å². The van der Waals surface area contributed by atoms with E-state index in [-0.39, 0.29) is 25.4 Å². The number of Topliss-reactive ketones (excluding diaryl/α,β-unsaturated/α-hetero) is 1. The van der Waals surface area contributed by atoms with Crippen LogP contribution in [-0.4, -0.2) is 42.6 Å². The molecule has 114 valence electrons. The van der Waals surface area contributed by atoms with Gasteiger partial charge in [0.05, 0.1) is 13.0 Å². The number of hydrogen-bond donors (Lipinski definition) is 2. The van der Waals surface area contributed by atoms with E-state index in [0.29, 0.717) is 0 Å². The lowest BCUT2D eigenvalue weighted by Gasteiger charge is -2.19. The third-order valence-corrected chi connectivity index (χ3v) is 1.65. The molecule has 0 aromatic rings. The maximum atomic E-state index is 11.2. The molecule has 8 nitrogen and oxygen atoms in total. The highest BCUT2D eigenvalue weighted by Crippen LogP contribution is 2.05. The smallest absolute Gasteiger partial charge is 0.413 e. The summed E-state index contributed by atoms with van der Waals surface area (Å²) < 4.78 is 9.58. The Bertz CT molecular complexity index is 386. The van der Waals surface area contributed by atoms with Crippen LogP contribution in [0.15, 0.2) is 0 Å². The van der Waals surface area contributed by atoms with Crippen molar-refractivity contribution in [1.29, 1.82) is 0 Å². The van der Waals surface area contributed by atoms with Gasteiger partial charge in [-0.15, -0.1) is 0 Å². The number of ketones is 1. The summed E-state index contributed by atoms with van der Waals surface area (Å²) in [7, 11) is 0. The van der Waals surface area contributed by atoms with Crippen LogP contribution in [0, 0.1) is 0 Å². The lowest BCUT2D eigenvalue weighted by molar-refractivity contribution is -0.126. The van der Waals surface area contributed by atoms with Crippen molar-refractivity contribution in [2.45, 2.75) is 39.7 Å². The highest BCUT2D eigenvalue weighted by Gasteiger charge is 2.16. The van der Waals surface area contributed by atoms with Crippen LogP contribution in [0.1, 0.15) is 34.1 Å². The first-order valence-electron chi connectivity index (χ1n) is 6.03. The molecule has 0 fully saturated rings. The molecule has 0 spiro atoms. The van der Waals surface area contributed by atoms with Gasteiger partial charge < -0.3 is 14.8 Å². The summed E-state index contributed by atoms with van der Waals surface area (Å²) in [5.41, 5.74) is -0.610. The van der Waals surface area contributed by atoms with Gasteiger partial charge in [-0.1, -0.05) is 0 Å². The molecule has 0 unspecified atom stereocenters. The number of amides is 3. The molecular weight excluding hydrogens is 268 g/mol. The van der Waals surface area contributed by atoms with Crippen molar-refractivity contribution in [2.75, 3.05) is 13.2 Å². The van der Waals surface area contributed by atoms with Gasteiger partial charge in [-0.25, -0.2) is 9.59 Å². The SMILES string of the molecule is CC(=O)CC(=O)NC(=O)OCCNC(=O)OC(C)(C)C. The summed E-state index contributed by atoms with van der Waals surface area (Å²) in [5.74, 6) is -1.09. The Morgan fingerprint density at radius 3 is 2.15 bits per heavy atom. The summed E-state index contributed by atoms with van der Waals surface area (Å²) in [5, 5.41) is 4.25. The average molecular weight is 288 g/mol. The molecule has 0 rings (SSSR count). The number of carbonyl (C=O) groups excluding carboxylic acids is 4. The van der Waals surface area contributed by atoms with Gasteiger partial charge in [-0.05, 0) is 27.7 Å². The zero-order valence-corrected chi connectivity index (χ0v) is 12.1. The van der Waals surface area contributed by atoms with Crippen molar-refractivity contribution in [1.82, 2.24) is 10.6 Å². The van der Waals surface area contributed by atoms with E-state index in [9.17, 15) is 19.2 Å². The van der Waals surface area contributed by atoms with Gasteiger partial charge in [0.25, 0.3) is 0 Å². The zero-order chi connectivity index (χ0) is 15.8. The summed E-state index contributed by atoms with van der Waals surface area (Å²) >= 11 is 0. The highest BCUT2D eigenvalue weighted by molar-refractivity contribution is 6.02. The second-order valence-electron chi connectivity index (χ2n) is 4.99. The molecule has 3 amide bonds. The number of nitrogens with one attached hydrogen (secondary N) is 2. The molecule has 0 atom stereocenters. The van der Waals surface area contributed by atoms with E-state index in [1.54, 1.807) is 20.8 Å². The second-order valence-corrected chi connectivity index (χ2v) is 4.99. The fraction of sp³-hybridized carbons (Fsp3) is 0.667. The van der Waals surface area contributed by atoms with Crippen LogP contribution in [-0.2, 0) is 19.1 Å². The Morgan fingerprint density at radius 2 is 1.65 bits per heavy atom. The molecule has 0 aromatic heterocycles. The Morgan fingerprint density at radius 1 is 1.05 bits per heavy atom. The van der Waals surface area contributed by atoms with Crippen LogP contribution >= 0.6 is 0 Å². The lowest BCUT2D eigenvalue weighted by atomic mass is 10.2. The largest absolute Gasteiger partial charge is 0.447 e. The van der Waals surface area contributed by atoms with E-state index in [0.717, 1.165) is 0 Å². The quantitative estimate of drug-likeness (QED) is 0.570. The van der Waals surface area contributed by atoms with Crippen LogP contribution in [0.3, 0.4) is 0 Å². The third kappa shape index (κ3) is 11.0. The normalized spacial score (nSPS) is 10.4. The predicted octanol–water partition coefficient (Wildman–Crippen LogP) is 0.743.